The first-order valence-electron chi connectivity index (χ1n) is 7.09. The maximum Gasteiger partial charge on any atom is 0.171 e. The van der Waals surface area contributed by atoms with Crippen molar-refractivity contribution in [3.8, 4) is 0 Å². The summed E-state index contributed by atoms with van der Waals surface area (Å²) in [6.45, 7) is 2.79. The molecule has 0 atom stereocenters. The van der Waals surface area contributed by atoms with Crippen LogP contribution in [0.3, 0.4) is 0 Å². The zero-order valence-corrected chi connectivity index (χ0v) is 11.7. The molecule has 4 nitrogen and oxygen atoms in total. The number of halogens is 1. The molecule has 1 aromatic carbocycles. The van der Waals surface area contributed by atoms with Gasteiger partial charge in [-0.15, -0.1) is 0 Å². The summed E-state index contributed by atoms with van der Waals surface area (Å²) in [6.07, 6.45) is 1.55. The van der Waals surface area contributed by atoms with Gasteiger partial charge in [-0.25, -0.2) is 9.37 Å². The monoisotopic (exact) mass is 287 g/mol. The van der Waals surface area contributed by atoms with E-state index in [9.17, 15) is 4.39 Å². The Labute approximate surface area is 123 Å². The van der Waals surface area contributed by atoms with Gasteiger partial charge >= 0.3 is 0 Å². The molecule has 0 bridgehead atoms. The van der Waals surface area contributed by atoms with Crippen LogP contribution in [0.15, 0.2) is 42.6 Å². The van der Waals surface area contributed by atoms with Gasteiger partial charge in [-0.05, 0) is 18.2 Å². The summed E-state index contributed by atoms with van der Waals surface area (Å²) in [4.78, 5) is 8.35. The van der Waals surface area contributed by atoms with Gasteiger partial charge in [0.2, 0.25) is 0 Å². The van der Waals surface area contributed by atoms with Crippen LogP contribution >= 0.6 is 0 Å². The smallest absolute Gasteiger partial charge is 0.171 e. The molecule has 0 unspecified atom stereocenters. The third-order valence-electron chi connectivity index (χ3n) is 3.82. The molecule has 1 saturated heterocycles. The van der Waals surface area contributed by atoms with E-state index in [1.165, 1.54) is 11.8 Å². The zero-order chi connectivity index (χ0) is 14.7. The first kappa shape index (κ1) is 13.8. The molecule has 0 aliphatic carbocycles. The van der Waals surface area contributed by atoms with Crippen LogP contribution in [0.5, 0.6) is 0 Å². The quantitative estimate of drug-likeness (QED) is 0.938. The number of hydrogen-bond acceptors (Lipinski definition) is 4. The number of para-hydroxylation sites is 1. The van der Waals surface area contributed by atoms with Crippen molar-refractivity contribution in [2.45, 2.75) is 6.61 Å². The summed E-state index contributed by atoms with van der Waals surface area (Å²) in [5.74, 6) is -0.0672. The highest BCUT2D eigenvalue weighted by atomic mass is 19.1. The lowest BCUT2D eigenvalue weighted by Crippen LogP contribution is -2.47. The molecule has 110 valence electrons. The maximum absolute atomic E-state index is 14.2. The molecule has 3 rings (SSSR count). The Morgan fingerprint density at radius 3 is 2.33 bits per heavy atom. The molecule has 1 aromatic heterocycles. The molecule has 1 aliphatic heterocycles. The standard InChI is InChI=1S/C16H18FN3O/c17-15-13(12-21)6-7-18-16(15)20-10-8-19(9-11-20)14-4-2-1-3-5-14/h1-7,21H,8-12H2. The molecule has 0 spiro atoms. The van der Waals surface area contributed by atoms with Gasteiger partial charge in [0.1, 0.15) is 0 Å². The normalized spacial score (nSPS) is 15.3. The second-order valence-electron chi connectivity index (χ2n) is 5.08. The maximum atomic E-state index is 14.2. The van der Waals surface area contributed by atoms with E-state index in [1.807, 2.05) is 23.1 Å². The fourth-order valence-electron chi connectivity index (χ4n) is 2.63. The third-order valence-corrected chi connectivity index (χ3v) is 3.82. The van der Waals surface area contributed by atoms with Crippen LogP contribution in [0.1, 0.15) is 5.56 Å². The highest BCUT2D eigenvalue weighted by Gasteiger charge is 2.21. The number of benzene rings is 1. The van der Waals surface area contributed by atoms with Gasteiger partial charge in [-0.1, -0.05) is 18.2 Å². The number of aliphatic hydroxyl groups is 1. The van der Waals surface area contributed by atoms with Crippen molar-refractivity contribution in [1.29, 1.82) is 0 Å². The molecule has 1 N–H and O–H groups in total. The van der Waals surface area contributed by atoms with Crippen LogP contribution in [-0.2, 0) is 6.61 Å². The summed E-state index contributed by atoms with van der Waals surface area (Å²) < 4.78 is 14.2. The van der Waals surface area contributed by atoms with Gasteiger partial charge in [-0.2, -0.15) is 0 Å². The van der Waals surface area contributed by atoms with Gasteiger partial charge < -0.3 is 14.9 Å². The minimum atomic E-state index is -0.409. The summed E-state index contributed by atoms with van der Waals surface area (Å²) in [6, 6.07) is 11.7. The number of aromatic nitrogens is 1. The Morgan fingerprint density at radius 2 is 1.67 bits per heavy atom. The number of piperazine rings is 1. The van der Waals surface area contributed by atoms with Crippen molar-refractivity contribution < 1.29 is 9.50 Å². The predicted octanol–water partition coefficient (Wildman–Crippen LogP) is 2.04. The lowest BCUT2D eigenvalue weighted by Gasteiger charge is -2.36. The fraction of sp³-hybridized carbons (Fsp3) is 0.312. The van der Waals surface area contributed by atoms with Crippen molar-refractivity contribution in [3.63, 3.8) is 0 Å². The highest BCUT2D eigenvalue weighted by molar-refractivity contribution is 5.50. The van der Waals surface area contributed by atoms with Crippen molar-refractivity contribution in [2.24, 2.45) is 0 Å². The second-order valence-corrected chi connectivity index (χ2v) is 5.08. The van der Waals surface area contributed by atoms with Gasteiger partial charge in [-0.3, -0.25) is 0 Å². The van der Waals surface area contributed by atoms with Crippen LogP contribution in [0, 0.1) is 5.82 Å². The first-order valence-corrected chi connectivity index (χ1v) is 7.09. The number of rotatable bonds is 3. The third kappa shape index (κ3) is 2.83. The predicted molar refractivity (Wildman–Crippen MR) is 81.0 cm³/mol. The molecule has 0 saturated carbocycles. The summed E-state index contributed by atoms with van der Waals surface area (Å²) in [5, 5.41) is 9.14. The van der Waals surface area contributed by atoms with Crippen LogP contribution in [0.4, 0.5) is 15.9 Å². The lowest BCUT2D eigenvalue weighted by atomic mass is 10.2. The first-order chi connectivity index (χ1) is 10.3. The van der Waals surface area contributed by atoms with Crippen LogP contribution < -0.4 is 9.80 Å². The summed E-state index contributed by atoms with van der Waals surface area (Å²) in [5.41, 5.74) is 1.49. The van der Waals surface area contributed by atoms with Gasteiger partial charge in [0.15, 0.2) is 11.6 Å². The Kier molecular flexibility index (Phi) is 4.01. The molecule has 2 aromatic rings. The number of pyridine rings is 1. The van der Waals surface area contributed by atoms with Gasteiger partial charge in [0, 0.05) is 43.6 Å². The molecule has 5 heteroatoms. The van der Waals surface area contributed by atoms with E-state index in [1.54, 1.807) is 6.20 Å². The zero-order valence-electron chi connectivity index (χ0n) is 11.7. The molecule has 0 amide bonds. The van der Waals surface area contributed by atoms with Crippen LogP contribution in [-0.4, -0.2) is 36.3 Å². The number of nitrogens with zero attached hydrogens (tertiary/aromatic N) is 3. The molecular formula is C16H18FN3O. The minimum absolute atomic E-state index is 0.297. The van der Waals surface area contributed by atoms with Crippen LogP contribution in [0.2, 0.25) is 0 Å². The van der Waals surface area contributed by atoms with Gasteiger partial charge in [0.05, 0.1) is 6.61 Å². The van der Waals surface area contributed by atoms with E-state index in [0.717, 1.165) is 13.1 Å². The summed E-state index contributed by atoms with van der Waals surface area (Å²) in [7, 11) is 0. The number of aliphatic hydroxyl groups excluding tert-OH is 1. The van der Waals surface area contributed by atoms with E-state index in [4.69, 9.17) is 5.11 Å². The van der Waals surface area contributed by atoms with Crippen molar-refractivity contribution in [1.82, 2.24) is 4.98 Å². The number of anilines is 2. The SMILES string of the molecule is OCc1ccnc(N2CCN(c3ccccc3)CC2)c1F. The van der Waals surface area contributed by atoms with E-state index < -0.39 is 5.82 Å². The fourth-order valence-corrected chi connectivity index (χ4v) is 2.63. The molecule has 1 aliphatic rings. The van der Waals surface area contributed by atoms with E-state index in [0.29, 0.717) is 24.5 Å². The van der Waals surface area contributed by atoms with E-state index in [-0.39, 0.29) is 6.61 Å². The summed E-state index contributed by atoms with van der Waals surface area (Å²) >= 11 is 0. The molecule has 1 fully saturated rings. The molecule has 0 radical (unpaired) electrons. The van der Waals surface area contributed by atoms with Crippen molar-refractivity contribution >= 4 is 11.5 Å². The minimum Gasteiger partial charge on any atom is -0.392 e. The van der Waals surface area contributed by atoms with Crippen molar-refractivity contribution in [2.75, 3.05) is 36.0 Å². The Morgan fingerprint density at radius 1 is 1.00 bits per heavy atom. The Balaban J connectivity index is 1.72. The van der Waals surface area contributed by atoms with Crippen molar-refractivity contribution in [3.05, 3.63) is 54.0 Å². The molecule has 2 heterocycles. The lowest BCUT2D eigenvalue weighted by molar-refractivity contribution is 0.275. The topological polar surface area (TPSA) is 39.6 Å². The Hall–Kier alpha value is -2.14. The van der Waals surface area contributed by atoms with Gasteiger partial charge in [0.25, 0.3) is 0 Å². The molecule has 21 heavy (non-hydrogen) atoms. The average molecular weight is 287 g/mol. The highest BCUT2D eigenvalue weighted by Crippen LogP contribution is 2.22. The Bertz CT molecular complexity index is 598. The second kappa shape index (κ2) is 6.10. The number of hydrogen-bond donors (Lipinski definition) is 1. The average Bonchev–Trinajstić information content (AvgIpc) is 2.56. The van der Waals surface area contributed by atoms with E-state index >= 15 is 0 Å². The van der Waals surface area contributed by atoms with E-state index in [2.05, 4.69) is 22.0 Å². The molecular weight excluding hydrogens is 269 g/mol. The van der Waals surface area contributed by atoms with Crippen LogP contribution in [0.25, 0.3) is 0 Å². The largest absolute Gasteiger partial charge is 0.392 e.